The summed E-state index contributed by atoms with van der Waals surface area (Å²) in [5.41, 5.74) is 1.48. The summed E-state index contributed by atoms with van der Waals surface area (Å²) < 4.78 is 0. The average molecular weight is 373 g/mol. The van der Waals surface area contributed by atoms with E-state index in [-0.39, 0.29) is 6.42 Å². The summed E-state index contributed by atoms with van der Waals surface area (Å²) >= 11 is 0. The molecule has 0 fully saturated rings. The standard InChI is InChI=1S/C23H32O4/c1-2-3-4-5-6-7-8-9-10-11-12-14-19-15-13-16-20(17-19)18-21(22(24)25)23(26)27/h13,15-17,21H,2-11,18H2,1H3,(H,24,25)(H,26,27). The Balaban J connectivity index is 2.31. The van der Waals surface area contributed by atoms with Crippen LogP contribution in [0, 0.1) is 17.8 Å². The van der Waals surface area contributed by atoms with E-state index in [1.54, 1.807) is 18.2 Å². The van der Waals surface area contributed by atoms with Crippen LogP contribution in [-0.4, -0.2) is 22.2 Å². The molecule has 0 saturated carbocycles. The second-order valence-electron chi connectivity index (χ2n) is 7.01. The Morgan fingerprint density at radius 3 is 2.11 bits per heavy atom. The first-order valence-electron chi connectivity index (χ1n) is 10.1. The maximum Gasteiger partial charge on any atom is 0.318 e. The van der Waals surface area contributed by atoms with Crippen LogP contribution in [0.15, 0.2) is 24.3 Å². The molecule has 2 N–H and O–H groups in total. The van der Waals surface area contributed by atoms with Gasteiger partial charge in [-0.25, -0.2) is 0 Å². The quantitative estimate of drug-likeness (QED) is 0.280. The van der Waals surface area contributed by atoms with E-state index in [9.17, 15) is 9.59 Å². The summed E-state index contributed by atoms with van der Waals surface area (Å²) in [4.78, 5) is 22.0. The highest BCUT2D eigenvalue weighted by molar-refractivity contribution is 5.93. The van der Waals surface area contributed by atoms with Crippen LogP contribution >= 0.6 is 0 Å². The molecule has 148 valence electrons. The van der Waals surface area contributed by atoms with Gasteiger partial charge in [-0.2, -0.15) is 0 Å². The highest BCUT2D eigenvalue weighted by Crippen LogP contribution is 2.13. The van der Waals surface area contributed by atoms with Gasteiger partial charge < -0.3 is 10.2 Å². The Bertz CT molecular complexity index is 625. The molecule has 0 radical (unpaired) electrons. The van der Waals surface area contributed by atoms with Gasteiger partial charge in [0, 0.05) is 12.0 Å². The summed E-state index contributed by atoms with van der Waals surface area (Å²) in [6.07, 6.45) is 12.4. The molecule has 0 amide bonds. The Morgan fingerprint density at radius 2 is 1.52 bits per heavy atom. The summed E-state index contributed by atoms with van der Waals surface area (Å²) in [5.74, 6) is 2.21. The van der Waals surface area contributed by atoms with E-state index in [1.807, 2.05) is 6.07 Å². The predicted molar refractivity (Wildman–Crippen MR) is 108 cm³/mol. The lowest BCUT2D eigenvalue weighted by molar-refractivity contribution is -0.154. The van der Waals surface area contributed by atoms with E-state index < -0.39 is 17.9 Å². The molecule has 4 nitrogen and oxygen atoms in total. The van der Waals surface area contributed by atoms with E-state index in [1.165, 1.54) is 51.4 Å². The normalized spacial score (nSPS) is 10.4. The first-order chi connectivity index (χ1) is 13.0. The lowest BCUT2D eigenvalue weighted by Crippen LogP contribution is -2.25. The molecule has 0 aromatic heterocycles. The van der Waals surface area contributed by atoms with Crippen molar-refractivity contribution in [3.05, 3.63) is 35.4 Å². The lowest BCUT2D eigenvalue weighted by Gasteiger charge is -2.07. The zero-order valence-corrected chi connectivity index (χ0v) is 16.4. The zero-order chi connectivity index (χ0) is 19.9. The number of benzene rings is 1. The monoisotopic (exact) mass is 372 g/mol. The zero-order valence-electron chi connectivity index (χ0n) is 16.4. The third kappa shape index (κ3) is 10.5. The molecule has 0 spiro atoms. The molecule has 27 heavy (non-hydrogen) atoms. The molecule has 0 bridgehead atoms. The molecule has 1 aromatic carbocycles. The van der Waals surface area contributed by atoms with Crippen LogP contribution in [0.4, 0.5) is 0 Å². The van der Waals surface area contributed by atoms with Gasteiger partial charge in [0.2, 0.25) is 0 Å². The van der Waals surface area contributed by atoms with Gasteiger partial charge in [-0.15, -0.1) is 0 Å². The van der Waals surface area contributed by atoms with Crippen molar-refractivity contribution in [1.82, 2.24) is 0 Å². The van der Waals surface area contributed by atoms with Crippen molar-refractivity contribution in [1.29, 1.82) is 0 Å². The summed E-state index contributed by atoms with van der Waals surface area (Å²) in [6.45, 7) is 2.24. The van der Waals surface area contributed by atoms with E-state index in [4.69, 9.17) is 10.2 Å². The summed E-state index contributed by atoms with van der Waals surface area (Å²) in [7, 11) is 0. The number of hydrogen-bond donors (Lipinski definition) is 2. The maximum absolute atomic E-state index is 11.0. The number of carboxylic acids is 2. The average Bonchev–Trinajstić information content (AvgIpc) is 2.64. The Kier molecular flexibility index (Phi) is 11.7. The molecule has 0 heterocycles. The Morgan fingerprint density at radius 1 is 0.926 bits per heavy atom. The first-order valence-corrected chi connectivity index (χ1v) is 10.1. The van der Waals surface area contributed by atoms with Crippen LogP contribution in [-0.2, 0) is 16.0 Å². The van der Waals surface area contributed by atoms with E-state index >= 15 is 0 Å². The molecule has 0 aliphatic carbocycles. The number of unbranched alkanes of at least 4 members (excludes halogenated alkanes) is 9. The maximum atomic E-state index is 11.0. The highest BCUT2D eigenvalue weighted by atomic mass is 16.4. The Hall–Kier alpha value is -2.28. The number of carbonyl (C=O) groups is 2. The van der Waals surface area contributed by atoms with Crippen LogP contribution in [0.1, 0.15) is 82.3 Å². The molecular formula is C23H32O4. The minimum absolute atomic E-state index is 0.0293. The topological polar surface area (TPSA) is 74.6 Å². The predicted octanol–water partition coefficient (Wildman–Crippen LogP) is 5.29. The molecule has 0 aliphatic rings. The third-order valence-electron chi connectivity index (χ3n) is 4.60. The van der Waals surface area contributed by atoms with Gasteiger partial charge in [-0.3, -0.25) is 9.59 Å². The van der Waals surface area contributed by atoms with Crippen LogP contribution in [0.3, 0.4) is 0 Å². The number of carboxylic acid groups (broad SMARTS) is 2. The highest BCUT2D eigenvalue weighted by Gasteiger charge is 2.25. The molecular weight excluding hydrogens is 340 g/mol. The molecule has 0 saturated heterocycles. The molecule has 0 atom stereocenters. The summed E-state index contributed by atoms with van der Waals surface area (Å²) in [6, 6.07) is 7.18. The molecule has 0 aliphatic heterocycles. The van der Waals surface area contributed by atoms with Crippen molar-refractivity contribution in [3.8, 4) is 11.8 Å². The third-order valence-corrected chi connectivity index (χ3v) is 4.60. The molecule has 1 rings (SSSR count). The van der Waals surface area contributed by atoms with Gasteiger partial charge >= 0.3 is 11.9 Å². The smallest absolute Gasteiger partial charge is 0.318 e. The SMILES string of the molecule is CCCCCCCCCCCC#Cc1cccc(CC(C(=O)O)C(=O)O)c1. The van der Waals surface area contributed by atoms with Gasteiger partial charge in [0.15, 0.2) is 5.92 Å². The second-order valence-corrected chi connectivity index (χ2v) is 7.01. The van der Waals surface area contributed by atoms with E-state index in [2.05, 4.69) is 18.8 Å². The van der Waals surface area contributed by atoms with Crippen molar-refractivity contribution in [3.63, 3.8) is 0 Å². The first kappa shape index (κ1) is 22.8. The van der Waals surface area contributed by atoms with Crippen molar-refractivity contribution in [2.45, 2.75) is 77.6 Å². The van der Waals surface area contributed by atoms with Gasteiger partial charge in [-0.05, 0) is 30.5 Å². The van der Waals surface area contributed by atoms with Crippen molar-refractivity contribution in [2.24, 2.45) is 5.92 Å². The minimum atomic E-state index is -1.42. The Labute approximate surface area is 163 Å². The van der Waals surface area contributed by atoms with Crippen LogP contribution < -0.4 is 0 Å². The van der Waals surface area contributed by atoms with Crippen molar-refractivity contribution in [2.75, 3.05) is 0 Å². The van der Waals surface area contributed by atoms with Crippen molar-refractivity contribution >= 4 is 11.9 Å². The molecule has 4 heteroatoms. The lowest BCUT2D eigenvalue weighted by atomic mass is 9.98. The van der Waals surface area contributed by atoms with Crippen LogP contribution in [0.5, 0.6) is 0 Å². The van der Waals surface area contributed by atoms with E-state index in [0.29, 0.717) is 5.56 Å². The largest absolute Gasteiger partial charge is 0.481 e. The number of hydrogen-bond acceptors (Lipinski definition) is 2. The fourth-order valence-electron chi connectivity index (χ4n) is 2.98. The number of rotatable bonds is 13. The van der Waals surface area contributed by atoms with Crippen LogP contribution in [0.25, 0.3) is 0 Å². The molecule has 0 unspecified atom stereocenters. The summed E-state index contributed by atoms with van der Waals surface area (Å²) in [5, 5.41) is 18.0. The minimum Gasteiger partial charge on any atom is -0.481 e. The van der Waals surface area contributed by atoms with Crippen LogP contribution in [0.2, 0.25) is 0 Å². The fourth-order valence-corrected chi connectivity index (χ4v) is 2.98. The van der Waals surface area contributed by atoms with Gasteiger partial charge in [-0.1, -0.05) is 82.3 Å². The fraction of sp³-hybridized carbons (Fsp3) is 0.565. The van der Waals surface area contributed by atoms with Gasteiger partial charge in [0.1, 0.15) is 0 Å². The van der Waals surface area contributed by atoms with Gasteiger partial charge in [0.05, 0.1) is 0 Å². The second kappa shape index (κ2) is 13.9. The molecule has 1 aromatic rings. The number of aliphatic carboxylic acids is 2. The van der Waals surface area contributed by atoms with Gasteiger partial charge in [0.25, 0.3) is 0 Å². The van der Waals surface area contributed by atoms with Crippen molar-refractivity contribution < 1.29 is 19.8 Å². The van der Waals surface area contributed by atoms with E-state index in [0.717, 1.165) is 18.4 Å².